The Bertz CT molecular complexity index is 322. The number of aryl methyl sites for hydroxylation is 1. The van der Waals surface area contributed by atoms with Crippen LogP contribution in [0.25, 0.3) is 0 Å². The van der Waals surface area contributed by atoms with Crippen LogP contribution in [0.3, 0.4) is 0 Å². The molecule has 1 unspecified atom stereocenters. The smallest absolute Gasteiger partial charge is 0.203 e. The number of rotatable bonds is 8. The van der Waals surface area contributed by atoms with E-state index in [2.05, 4.69) is 34.9 Å². The lowest BCUT2D eigenvalue weighted by Crippen LogP contribution is -2.18. The number of nitrogens with one attached hydrogen (secondary N) is 1. The Labute approximate surface area is 104 Å². The molecule has 4 nitrogen and oxygen atoms in total. The molecule has 0 bridgehead atoms. The second-order valence-electron chi connectivity index (χ2n) is 4.40. The minimum Gasteiger partial charge on any atom is -0.377 e. The zero-order valence-electron chi connectivity index (χ0n) is 11.5. The van der Waals surface area contributed by atoms with Gasteiger partial charge in [-0.2, -0.15) is 0 Å². The molecule has 0 amide bonds. The van der Waals surface area contributed by atoms with Gasteiger partial charge < -0.3 is 14.6 Å². The van der Waals surface area contributed by atoms with Gasteiger partial charge in [-0.15, -0.1) is 0 Å². The number of imidazole rings is 1. The quantitative estimate of drug-likeness (QED) is 0.709. The van der Waals surface area contributed by atoms with Crippen LogP contribution in [0.1, 0.15) is 39.3 Å². The first kappa shape index (κ1) is 14.0. The first-order chi connectivity index (χ1) is 8.17. The maximum absolute atomic E-state index is 5.56. The Hall–Kier alpha value is -1.03. The number of nitrogens with zero attached hydrogens (tertiary/aromatic N) is 2. The fourth-order valence-corrected chi connectivity index (χ4v) is 1.82. The van der Waals surface area contributed by atoms with E-state index in [-0.39, 0.29) is 6.10 Å². The standard InChI is InChI=1S/C13H25N3O/c1-5-7-8-14-13-15-11(3)9-16(13)10-12(4)17-6-2/h9,12H,5-8,10H2,1-4H3,(H,14,15). The van der Waals surface area contributed by atoms with Crippen molar-refractivity contribution < 1.29 is 4.74 Å². The Morgan fingerprint density at radius 1 is 1.47 bits per heavy atom. The third kappa shape index (κ3) is 4.77. The van der Waals surface area contributed by atoms with Gasteiger partial charge in [-0.3, -0.25) is 0 Å². The van der Waals surface area contributed by atoms with Gasteiger partial charge in [0.2, 0.25) is 5.95 Å². The third-order valence-corrected chi connectivity index (χ3v) is 2.62. The van der Waals surface area contributed by atoms with Gasteiger partial charge in [0, 0.05) is 19.3 Å². The topological polar surface area (TPSA) is 39.1 Å². The summed E-state index contributed by atoms with van der Waals surface area (Å²) in [4.78, 5) is 4.49. The molecule has 4 heteroatoms. The molecule has 0 aromatic carbocycles. The highest BCUT2D eigenvalue weighted by molar-refractivity contribution is 5.28. The monoisotopic (exact) mass is 239 g/mol. The third-order valence-electron chi connectivity index (χ3n) is 2.62. The van der Waals surface area contributed by atoms with E-state index in [0.29, 0.717) is 0 Å². The zero-order valence-corrected chi connectivity index (χ0v) is 11.5. The van der Waals surface area contributed by atoms with Crippen molar-refractivity contribution in [2.45, 2.75) is 53.2 Å². The van der Waals surface area contributed by atoms with Gasteiger partial charge in [0.25, 0.3) is 0 Å². The van der Waals surface area contributed by atoms with Crippen molar-refractivity contribution in [1.82, 2.24) is 9.55 Å². The van der Waals surface area contributed by atoms with E-state index in [1.807, 2.05) is 13.8 Å². The lowest BCUT2D eigenvalue weighted by Gasteiger charge is -2.14. The molecule has 1 aromatic heterocycles. The highest BCUT2D eigenvalue weighted by Gasteiger charge is 2.08. The van der Waals surface area contributed by atoms with Gasteiger partial charge in [0.15, 0.2) is 0 Å². The van der Waals surface area contributed by atoms with Gasteiger partial charge in [0.05, 0.1) is 18.3 Å². The fraction of sp³-hybridized carbons (Fsp3) is 0.769. The van der Waals surface area contributed by atoms with Crippen LogP contribution in [0.2, 0.25) is 0 Å². The summed E-state index contributed by atoms with van der Waals surface area (Å²) in [6.07, 6.45) is 4.67. The van der Waals surface area contributed by atoms with Gasteiger partial charge >= 0.3 is 0 Å². The summed E-state index contributed by atoms with van der Waals surface area (Å²) in [6.45, 7) is 10.9. The number of hydrogen-bond donors (Lipinski definition) is 1. The van der Waals surface area contributed by atoms with E-state index in [4.69, 9.17) is 4.74 Å². The molecular weight excluding hydrogens is 214 g/mol. The fourth-order valence-electron chi connectivity index (χ4n) is 1.82. The van der Waals surface area contributed by atoms with Crippen LogP contribution in [0, 0.1) is 6.92 Å². The Morgan fingerprint density at radius 2 is 2.24 bits per heavy atom. The molecule has 1 atom stereocenters. The second kappa shape index (κ2) is 7.33. The number of anilines is 1. The summed E-state index contributed by atoms with van der Waals surface area (Å²) in [6, 6.07) is 0. The largest absolute Gasteiger partial charge is 0.377 e. The van der Waals surface area contributed by atoms with Gasteiger partial charge in [-0.1, -0.05) is 13.3 Å². The summed E-state index contributed by atoms with van der Waals surface area (Å²) in [5, 5.41) is 3.38. The van der Waals surface area contributed by atoms with Gasteiger partial charge in [-0.05, 0) is 27.2 Å². The molecular formula is C13H25N3O. The summed E-state index contributed by atoms with van der Waals surface area (Å²) in [7, 11) is 0. The summed E-state index contributed by atoms with van der Waals surface area (Å²) >= 11 is 0. The van der Waals surface area contributed by atoms with E-state index in [0.717, 1.165) is 31.3 Å². The van der Waals surface area contributed by atoms with Crippen molar-refractivity contribution in [2.24, 2.45) is 0 Å². The molecule has 0 aliphatic heterocycles. The summed E-state index contributed by atoms with van der Waals surface area (Å²) in [5.41, 5.74) is 1.05. The molecule has 1 heterocycles. The SMILES string of the molecule is CCCCNc1nc(C)cn1CC(C)OCC. The number of ether oxygens (including phenoxy) is 1. The van der Waals surface area contributed by atoms with Gasteiger partial charge in [-0.25, -0.2) is 4.98 Å². The van der Waals surface area contributed by atoms with Crippen LogP contribution in [0.5, 0.6) is 0 Å². The predicted molar refractivity (Wildman–Crippen MR) is 71.4 cm³/mol. The Kier molecular flexibility index (Phi) is 6.05. The normalized spacial score (nSPS) is 12.7. The number of aromatic nitrogens is 2. The molecule has 0 saturated carbocycles. The van der Waals surface area contributed by atoms with E-state index in [9.17, 15) is 0 Å². The van der Waals surface area contributed by atoms with Crippen LogP contribution >= 0.6 is 0 Å². The molecule has 0 spiro atoms. The second-order valence-corrected chi connectivity index (χ2v) is 4.40. The number of unbranched alkanes of at least 4 members (excludes halogenated alkanes) is 1. The minimum absolute atomic E-state index is 0.223. The van der Waals surface area contributed by atoms with E-state index < -0.39 is 0 Å². The Balaban J connectivity index is 2.57. The van der Waals surface area contributed by atoms with Crippen molar-refractivity contribution >= 4 is 5.95 Å². The van der Waals surface area contributed by atoms with Crippen molar-refractivity contribution in [2.75, 3.05) is 18.5 Å². The molecule has 0 radical (unpaired) electrons. The van der Waals surface area contributed by atoms with E-state index in [1.54, 1.807) is 0 Å². The average Bonchev–Trinajstić information content (AvgIpc) is 2.60. The molecule has 0 fully saturated rings. The lowest BCUT2D eigenvalue weighted by atomic mass is 10.3. The average molecular weight is 239 g/mol. The van der Waals surface area contributed by atoms with Crippen molar-refractivity contribution in [3.63, 3.8) is 0 Å². The van der Waals surface area contributed by atoms with Crippen molar-refractivity contribution in [3.05, 3.63) is 11.9 Å². The van der Waals surface area contributed by atoms with Crippen LogP contribution in [-0.4, -0.2) is 28.8 Å². The molecule has 0 aliphatic rings. The summed E-state index contributed by atoms with van der Waals surface area (Å²) < 4.78 is 7.70. The lowest BCUT2D eigenvalue weighted by molar-refractivity contribution is 0.0644. The zero-order chi connectivity index (χ0) is 12.7. The van der Waals surface area contributed by atoms with Gasteiger partial charge in [0.1, 0.15) is 0 Å². The number of hydrogen-bond acceptors (Lipinski definition) is 3. The van der Waals surface area contributed by atoms with Crippen LogP contribution < -0.4 is 5.32 Å². The highest BCUT2D eigenvalue weighted by atomic mass is 16.5. The highest BCUT2D eigenvalue weighted by Crippen LogP contribution is 2.10. The molecule has 1 N–H and O–H groups in total. The molecule has 1 rings (SSSR count). The van der Waals surface area contributed by atoms with Crippen LogP contribution in [-0.2, 0) is 11.3 Å². The molecule has 0 aliphatic carbocycles. The molecule has 98 valence electrons. The van der Waals surface area contributed by atoms with Crippen LogP contribution in [0.15, 0.2) is 6.20 Å². The van der Waals surface area contributed by atoms with E-state index >= 15 is 0 Å². The maximum Gasteiger partial charge on any atom is 0.203 e. The predicted octanol–water partition coefficient (Wildman–Crippen LogP) is 2.83. The minimum atomic E-state index is 0.223. The van der Waals surface area contributed by atoms with E-state index in [1.165, 1.54) is 12.8 Å². The van der Waals surface area contributed by atoms with Crippen molar-refractivity contribution in [1.29, 1.82) is 0 Å². The first-order valence-corrected chi connectivity index (χ1v) is 6.56. The molecule has 0 saturated heterocycles. The summed E-state index contributed by atoms with van der Waals surface area (Å²) in [5.74, 6) is 0.961. The van der Waals surface area contributed by atoms with Crippen molar-refractivity contribution in [3.8, 4) is 0 Å². The Morgan fingerprint density at radius 3 is 2.88 bits per heavy atom. The van der Waals surface area contributed by atoms with Crippen LogP contribution in [0.4, 0.5) is 5.95 Å². The first-order valence-electron chi connectivity index (χ1n) is 6.56. The maximum atomic E-state index is 5.56. The molecule has 1 aromatic rings. The molecule has 17 heavy (non-hydrogen) atoms.